The van der Waals surface area contributed by atoms with Crippen LogP contribution in [0.15, 0.2) is 30.3 Å². The summed E-state index contributed by atoms with van der Waals surface area (Å²) in [6.07, 6.45) is 7.11. The number of aliphatic carboxylic acids is 1. The molecule has 2 N–H and O–H groups in total. The maximum Gasteiger partial charge on any atom is 0.306 e. The molecule has 0 aromatic heterocycles. The molecule has 2 unspecified atom stereocenters. The lowest BCUT2D eigenvalue weighted by Crippen LogP contribution is -2.42. The Bertz CT molecular complexity index is 564. The van der Waals surface area contributed by atoms with Crippen molar-refractivity contribution in [2.75, 3.05) is 0 Å². The fraction of sp³-hybridized carbons (Fsp3) is 0.600. The van der Waals surface area contributed by atoms with Crippen molar-refractivity contribution in [3.05, 3.63) is 35.9 Å². The second kappa shape index (κ2) is 7.82. The van der Waals surface area contributed by atoms with E-state index in [9.17, 15) is 9.59 Å². The molecule has 2 aliphatic rings. The van der Waals surface area contributed by atoms with Crippen molar-refractivity contribution in [1.82, 2.24) is 5.32 Å². The molecule has 130 valence electrons. The third kappa shape index (κ3) is 4.16. The number of nitrogens with one attached hydrogen (secondary N) is 1. The van der Waals surface area contributed by atoms with E-state index in [1.807, 2.05) is 6.07 Å². The molecule has 0 aliphatic heterocycles. The molecule has 2 aliphatic carbocycles. The Morgan fingerprint density at radius 2 is 1.62 bits per heavy atom. The van der Waals surface area contributed by atoms with Gasteiger partial charge in [-0.15, -0.1) is 0 Å². The number of carboxylic acid groups (broad SMARTS) is 1. The van der Waals surface area contributed by atoms with Crippen molar-refractivity contribution in [2.45, 2.75) is 57.4 Å². The second-order valence-electron chi connectivity index (χ2n) is 7.38. The van der Waals surface area contributed by atoms with Crippen LogP contribution in [0.25, 0.3) is 0 Å². The van der Waals surface area contributed by atoms with Crippen molar-refractivity contribution in [1.29, 1.82) is 0 Å². The van der Waals surface area contributed by atoms with Crippen LogP contribution < -0.4 is 5.32 Å². The molecule has 4 heteroatoms. The summed E-state index contributed by atoms with van der Waals surface area (Å²) >= 11 is 0. The number of hydrogen-bond donors (Lipinski definition) is 2. The Morgan fingerprint density at radius 1 is 0.958 bits per heavy atom. The van der Waals surface area contributed by atoms with Crippen molar-refractivity contribution >= 4 is 11.9 Å². The SMILES string of the molecule is O=C(O)C1CCC(C(=O)NC2CCCC2Cc2ccccc2)CC1. The van der Waals surface area contributed by atoms with Crippen molar-refractivity contribution in [2.24, 2.45) is 17.8 Å². The van der Waals surface area contributed by atoms with Gasteiger partial charge in [0, 0.05) is 12.0 Å². The number of benzene rings is 1. The fourth-order valence-electron chi connectivity index (χ4n) is 4.29. The smallest absolute Gasteiger partial charge is 0.306 e. The van der Waals surface area contributed by atoms with Crippen molar-refractivity contribution in [3.63, 3.8) is 0 Å². The molecule has 1 aromatic rings. The minimum Gasteiger partial charge on any atom is -0.481 e. The molecule has 24 heavy (non-hydrogen) atoms. The molecular formula is C20H27NO3. The van der Waals surface area contributed by atoms with Crippen LogP contribution in [0.2, 0.25) is 0 Å². The Morgan fingerprint density at radius 3 is 2.29 bits per heavy atom. The summed E-state index contributed by atoms with van der Waals surface area (Å²) in [6.45, 7) is 0. The first-order valence-corrected chi connectivity index (χ1v) is 9.20. The van der Waals surface area contributed by atoms with Crippen molar-refractivity contribution < 1.29 is 14.7 Å². The molecule has 2 saturated carbocycles. The van der Waals surface area contributed by atoms with E-state index >= 15 is 0 Å². The van der Waals surface area contributed by atoms with Crippen LogP contribution in [-0.4, -0.2) is 23.0 Å². The van der Waals surface area contributed by atoms with Gasteiger partial charge in [0.05, 0.1) is 5.92 Å². The van der Waals surface area contributed by atoms with Gasteiger partial charge in [-0.25, -0.2) is 0 Å². The summed E-state index contributed by atoms with van der Waals surface area (Å²) in [4.78, 5) is 23.6. The molecule has 0 heterocycles. The lowest BCUT2D eigenvalue weighted by Gasteiger charge is -2.28. The van der Waals surface area contributed by atoms with Gasteiger partial charge in [-0.3, -0.25) is 9.59 Å². The van der Waals surface area contributed by atoms with Gasteiger partial charge in [0.1, 0.15) is 0 Å². The minimum absolute atomic E-state index is 0.00132. The highest BCUT2D eigenvalue weighted by atomic mass is 16.4. The van der Waals surface area contributed by atoms with Gasteiger partial charge in [-0.1, -0.05) is 36.8 Å². The topological polar surface area (TPSA) is 66.4 Å². The average molecular weight is 329 g/mol. The van der Waals surface area contributed by atoms with E-state index in [4.69, 9.17) is 5.11 Å². The van der Waals surface area contributed by atoms with E-state index in [1.54, 1.807) is 0 Å². The molecule has 1 aromatic carbocycles. The first-order chi connectivity index (χ1) is 11.6. The first kappa shape index (κ1) is 17.0. The summed E-state index contributed by atoms with van der Waals surface area (Å²) in [6, 6.07) is 10.8. The third-order valence-electron chi connectivity index (χ3n) is 5.77. The largest absolute Gasteiger partial charge is 0.481 e. The highest BCUT2D eigenvalue weighted by Crippen LogP contribution is 2.32. The molecule has 2 fully saturated rings. The lowest BCUT2D eigenvalue weighted by molar-refractivity contribution is -0.144. The van der Waals surface area contributed by atoms with Crippen LogP contribution in [0.1, 0.15) is 50.5 Å². The van der Waals surface area contributed by atoms with Gasteiger partial charge in [-0.2, -0.15) is 0 Å². The molecule has 0 spiro atoms. The van der Waals surface area contributed by atoms with Crippen LogP contribution in [-0.2, 0) is 16.0 Å². The zero-order chi connectivity index (χ0) is 16.9. The molecule has 4 nitrogen and oxygen atoms in total. The highest BCUT2D eigenvalue weighted by Gasteiger charge is 2.33. The zero-order valence-corrected chi connectivity index (χ0v) is 14.1. The highest BCUT2D eigenvalue weighted by molar-refractivity contribution is 5.79. The minimum atomic E-state index is -0.715. The van der Waals surface area contributed by atoms with Crippen molar-refractivity contribution in [3.8, 4) is 0 Å². The van der Waals surface area contributed by atoms with Gasteiger partial charge in [0.15, 0.2) is 0 Å². The van der Waals surface area contributed by atoms with Gasteiger partial charge in [-0.05, 0) is 56.4 Å². The van der Waals surface area contributed by atoms with E-state index in [1.165, 1.54) is 18.4 Å². The number of rotatable bonds is 5. The predicted molar refractivity (Wildman–Crippen MR) is 92.5 cm³/mol. The van der Waals surface area contributed by atoms with E-state index < -0.39 is 5.97 Å². The number of carbonyl (C=O) groups excluding carboxylic acids is 1. The van der Waals surface area contributed by atoms with E-state index in [-0.39, 0.29) is 23.8 Å². The quantitative estimate of drug-likeness (QED) is 0.870. The summed E-state index contributed by atoms with van der Waals surface area (Å²) in [5, 5.41) is 12.3. The molecule has 0 radical (unpaired) electrons. The number of carbonyl (C=O) groups is 2. The maximum atomic E-state index is 12.6. The number of carboxylic acids is 1. The fourth-order valence-corrected chi connectivity index (χ4v) is 4.29. The molecule has 3 rings (SSSR count). The predicted octanol–water partition coefficient (Wildman–Crippen LogP) is 3.41. The Labute approximate surface area is 143 Å². The summed E-state index contributed by atoms with van der Waals surface area (Å²) in [7, 11) is 0. The van der Waals surface area contributed by atoms with Crippen LogP contribution in [0.4, 0.5) is 0 Å². The van der Waals surface area contributed by atoms with Crippen LogP contribution in [0, 0.1) is 17.8 Å². The monoisotopic (exact) mass is 329 g/mol. The Hall–Kier alpha value is -1.84. The summed E-state index contributed by atoms with van der Waals surface area (Å²) in [5.74, 6) is -0.312. The van der Waals surface area contributed by atoms with Crippen LogP contribution in [0.5, 0.6) is 0 Å². The van der Waals surface area contributed by atoms with E-state index in [2.05, 4.69) is 29.6 Å². The molecule has 2 atom stereocenters. The van der Waals surface area contributed by atoms with E-state index in [0.29, 0.717) is 31.6 Å². The summed E-state index contributed by atoms with van der Waals surface area (Å²) < 4.78 is 0. The molecule has 0 saturated heterocycles. The van der Waals surface area contributed by atoms with Gasteiger partial charge >= 0.3 is 5.97 Å². The van der Waals surface area contributed by atoms with Gasteiger partial charge < -0.3 is 10.4 Å². The standard InChI is InChI=1S/C20H27NO3/c22-19(15-9-11-16(12-10-15)20(23)24)21-18-8-4-7-17(18)13-14-5-2-1-3-6-14/h1-3,5-6,15-18H,4,7-13H2,(H,21,22)(H,23,24). The molecular weight excluding hydrogens is 302 g/mol. The third-order valence-corrected chi connectivity index (χ3v) is 5.77. The molecule has 1 amide bonds. The number of amides is 1. The van der Waals surface area contributed by atoms with Gasteiger partial charge in [0.25, 0.3) is 0 Å². The Kier molecular flexibility index (Phi) is 5.54. The first-order valence-electron chi connectivity index (χ1n) is 9.20. The van der Waals surface area contributed by atoms with E-state index in [0.717, 1.165) is 12.8 Å². The van der Waals surface area contributed by atoms with Crippen LogP contribution in [0.3, 0.4) is 0 Å². The molecule has 0 bridgehead atoms. The maximum absolute atomic E-state index is 12.6. The lowest BCUT2D eigenvalue weighted by atomic mass is 9.81. The second-order valence-corrected chi connectivity index (χ2v) is 7.38. The normalized spacial score (nSPS) is 30.0. The summed E-state index contributed by atoms with van der Waals surface area (Å²) in [5.41, 5.74) is 1.34. The zero-order valence-electron chi connectivity index (χ0n) is 14.1. The average Bonchev–Trinajstić information content (AvgIpc) is 3.02. The number of hydrogen-bond acceptors (Lipinski definition) is 2. The van der Waals surface area contributed by atoms with Crippen LogP contribution >= 0.6 is 0 Å². The van der Waals surface area contributed by atoms with Gasteiger partial charge in [0.2, 0.25) is 5.91 Å². The Balaban J connectivity index is 1.51.